The number of anilines is 1. The van der Waals surface area contributed by atoms with Crippen molar-refractivity contribution in [3.05, 3.63) is 51.6 Å². The molecule has 33 heavy (non-hydrogen) atoms. The van der Waals surface area contributed by atoms with E-state index in [1.165, 1.54) is 23.1 Å². The first kappa shape index (κ1) is 22.7. The number of thiazole rings is 1. The van der Waals surface area contributed by atoms with Crippen LogP contribution in [0.4, 0.5) is 5.13 Å². The number of thiophene rings is 1. The predicted molar refractivity (Wildman–Crippen MR) is 137 cm³/mol. The number of aromatic nitrogens is 4. The molecule has 1 amide bonds. The van der Waals surface area contributed by atoms with E-state index in [-0.39, 0.29) is 17.8 Å². The fraction of sp³-hybridized carbons (Fsp3) is 0.273. The van der Waals surface area contributed by atoms with Crippen LogP contribution in [0.5, 0.6) is 0 Å². The minimum atomic E-state index is -0.125. The zero-order valence-corrected chi connectivity index (χ0v) is 21.5. The lowest BCUT2D eigenvalue weighted by atomic mass is 10.2. The summed E-state index contributed by atoms with van der Waals surface area (Å²) in [6.45, 7) is 1.48. The van der Waals surface area contributed by atoms with Crippen LogP contribution >= 0.6 is 50.4 Å². The van der Waals surface area contributed by atoms with E-state index in [0.717, 1.165) is 51.0 Å². The number of amides is 1. The molecule has 170 valence electrons. The standard InChI is InChI=1S/C22H20BrN5O2S3/c23-15-5-1-4-14(10-15)17-12-32-21(24-17)25-19(29)13-33-22-27-26-20(18-7-3-9-31-18)28(22)11-16-6-2-8-30-16/h1,3-5,7,9-10,12,16H,2,6,8,11,13H2,(H,24,25,29). The van der Waals surface area contributed by atoms with Gasteiger partial charge in [0.2, 0.25) is 5.91 Å². The highest BCUT2D eigenvalue weighted by molar-refractivity contribution is 9.10. The van der Waals surface area contributed by atoms with E-state index in [4.69, 9.17) is 4.74 Å². The quantitative estimate of drug-likeness (QED) is 0.273. The Morgan fingerprint density at radius 1 is 1.27 bits per heavy atom. The van der Waals surface area contributed by atoms with Crippen molar-refractivity contribution in [1.29, 1.82) is 0 Å². The van der Waals surface area contributed by atoms with Crippen LogP contribution in [-0.4, -0.2) is 44.1 Å². The van der Waals surface area contributed by atoms with Crippen LogP contribution in [0.1, 0.15) is 12.8 Å². The average molecular weight is 563 g/mol. The second kappa shape index (κ2) is 10.5. The van der Waals surface area contributed by atoms with Gasteiger partial charge in [-0.15, -0.1) is 32.9 Å². The molecule has 1 N–H and O–H groups in total. The van der Waals surface area contributed by atoms with Crippen molar-refractivity contribution in [3.63, 3.8) is 0 Å². The molecule has 1 aromatic carbocycles. The molecular formula is C22H20BrN5O2S3. The first-order valence-corrected chi connectivity index (χ1v) is 13.9. The van der Waals surface area contributed by atoms with E-state index in [1.54, 1.807) is 11.3 Å². The molecule has 1 aliphatic rings. The van der Waals surface area contributed by atoms with Gasteiger partial charge in [-0.25, -0.2) is 4.98 Å². The zero-order chi connectivity index (χ0) is 22.6. The SMILES string of the molecule is O=C(CSc1nnc(-c2cccs2)n1CC1CCCO1)Nc1nc(-c2cccc(Br)c2)cs1. The van der Waals surface area contributed by atoms with Crippen molar-refractivity contribution in [2.75, 3.05) is 17.7 Å². The fourth-order valence-electron chi connectivity index (χ4n) is 3.54. The van der Waals surface area contributed by atoms with E-state index in [1.807, 2.05) is 47.2 Å². The first-order valence-electron chi connectivity index (χ1n) is 10.4. The first-order chi connectivity index (χ1) is 16.2. The van der Waals surface area contributed by atoms with Crippen LogP contribution in [0, 0.1) is 0 Å². The summed E-state index contributed by atoms with van der Waals surface area (Å²) < 4.78 is 8.90. The molecule has 7 nitrogen and oxygen atoms in total. The molecule has 1 aliphatic heterocycles. The maximum absolute atomic E-state index is 12.6. The van der Waals surface area contributed by atoms with Gasteiger partial charge in [-0.05, 0) is 36.4 Å². The summed E-state index contributed by atoms with van der Waals surface area (Å²) in [6.07, 6.45) is 2.25. The molecule has 0 bridgehead atoms. The number of halogens is 1. The number of nitrogens with zero attached hydrogens (tertiary/aromatic N) is 4. The summed E-state index contributed by atoms with van der Waals surface area (Å²) >= 11 is 7.90. The lowest BCUT2D eigenvalue weighted by Gasteiger charge is -2.14. The van der Waals surface area contributed by atoms with Gasteiger partial charge in [0.15, 0.2) is 16.1 Å². The lowest BCUT2D eigenvalue weighted by molar-refractivity contribution is -0.113. The Hall–Kier alpha value is -2.05. The van der Waals surface area contributed by atoms with Gasteiger partial charge in [-0.3, -0.25) is 9.36 Å². The Balaban J connectivity index is 1.25. The van der Waals surface area contributed by atoms with Gasteiger partial charge >= 0.3 is 0 Å². The maximum Gasteiger partial charge on any atom is 0.236 e. The molecule has 4 aromatic rings. The summed E-state index contributed by atoms with van der Waals surface area (Å²) in [6, 6.07) is 12.0. The smallest absolute Gasteiger partial charge is 0.236 e. The van der Waals surface area contributed by atoms with Crippen LogP contribution in [0.2, 0.25) is 0 Å². The molecule has 0 radical (unpaired) electrons. The number of thioether (sulfide) groups is 1. The number of benzene rings is 1. The van der Waals surface area contributed by atoms with Crippen LogP contribution in [0.25, 0.3) is 22.0 Å². The third-order valence-electron chi connectivity index (χ3n) is 5.07. The topological polar surface area (TPSA) is 81.9 Å². The number of carbonyl (C=O) groups is 1. The van der Waals surface area contributed by atoms with Gasteiger partial charge < -0.3 is 10.1 Å². The summed E-state index contributed by atoms with van der Waals surface area (Å²) in [7, 11) is 0. The summed E-state index contributed by atoms with van der Waals surface area (Å²) in [5, 5.41) is 16.9. The Morgan fingerprint density at radius 3 is 3.00 bits per heavy atom. The van der Waals surface area contributed by atoms with Crippen LogP contribution in [0.3, 0.4) is 0 Å². The third kappa shape index (κ3) is 5.55. The largest absolute Gasteiger partial charge is 0.376 e. The summed E-state index contributed by atoms with van der Waals surface area (Å²) in [4.78, 5) is 18.2. The van der Waals surface area contributed by atoms with Crippen molar-refractivity contribution in [1.82, 2.24) is 19.7 Å². The molecule has 3 aromatic heterocycles. The molecule has 1 unspecified atom stereocenters. The Kier molecular flexibility index (Phi) is 7.21. The Labute approximate surface area is 211 Å². The van der Waals surface area contributed by atoms with Gasteiger partial charge in [-0.1, -0.05) is 45.9 Å². The molecule has 11 heteroatoms. The highest BCUT2D eigenvalue weighted by Gasteiger charge is 2.22. The minimum Gasteiger partial charge on any atom is -0.376 e. The Bertz CT molecular complexity index is 1230. The maximum atomic E-state index is 12.6. The van der Waals surface area contributed by atoms with E-state index in [0.29, 0.717) is 11.7 Å². The van der Waals surface area contributed by atoms with Crippen molar-refractivity contribution in [2.24, 2.45) is 0 Å². The van der Waals surface area contributed by atoms with Crippen LogP contribution in [0.15, 0.2) is 56.8 Å². The zero-order valence-electron chi connectivity index (χ0n) is 17.4. The molecular weight excluding hydrogens is 542 g/mol. The normalized spacial score (nSPS) is 15.7. The molecule has 4 heterocycles. The average Bonchev–Trinajstić information content (AvgIpc) is 3.60. The highest BCUT2D eigenvalue weighted by Crippen LogP contribution is 2.30. The lowest BCUT2D eigenvalue weighted by Crippen LogP contribution is -2.18. The van der Waals surface area contributed by atoms with Gasteiger partial charge in [0.1, 0.15) is 0 Å². The molecule has 1 atom stereocenters. The van der Waals surface area contributed by atoms with Crippen LogP contribution in [-0.2, 0) is 16.1 Å². The number of hydrogen-bond acceptors (Lipinski definition) is 8. The minimum absolute atomic E-state index is 0.125. The summed E-state index contributed by atoms with van der Waals surface area (Å²) in [5.74, 6) is 0.918. The number of ether oxygens (including phenoxy) is 1. The summed E-state index contributed by atoms with van der Waals surface area (Å²) in [5.41, 5.74) is 1.83. The number of rotatable bonds is 8. The fourth-order valence-corrected chi connectivity index (χ4v) is 6.14. The van der Waals surface area contributed by atoms with Gasteiger partial charge in [0.05, 0.1) is 29.0 Å². The molecule has 0 spiro atoms. The number of hydrogen-bond donors (Lipinski definition) is 1. The van der Waals surface area contributed by atoms with Gasteiger partial charge in [-0.2, -0.15) is 0 Å². The van der Waals surface area contributed by atoms with Crippen molar-refractivity contribution in [2.45, 2.75) is 30.6 Å². The number of nitrogens with one attached hydrogen (secondary N) is 1. The Morgan fingerprint density at radius 2 is 2.21 bits per heavy atom. The molecule has 1 saturated heterocycles. The van der Waals surface area contributed by atoms with Crippen molar-refractivity contribution < 1.29 is 9.53 Å². The molecule has 5 rings (SSSR count). The second-order valence-electron chi connectivity index (χ2n) is 7.41. The third-order valence-corrected chi connectivity index (χ3v) is 8.16. The van der Waals surface area contributed by atoms with E-state index in [9.17, 15) is 4.79 Å². The van der Waals surface area contributed by atoms with Gasteiger partial charge in [0, 0.05) is 22.0 Å². The monoisotopic (exact) mass is 561 g/mol. The number of carbonyl (C=O) groups excluding carboxylic acids is 1. The molecule has 0 saturated carbocycles. The highest BCUT2D eigenvalue weighted by atomic mass is 79.9. The van der Waals surface area contributed by atoms with E-state index < -0.39 is 0 Å². The van der Waals surface area contributed by atoms with Crippen LogP contribution < -0.4 is 5.32 Å². The van der Waals surface area contributed by atoms with E-state index >= 15 is 0 Å². The predicted octanol–water partition coefficient (Wildman–Crippen LogP) is 5.80. The molecule has 1 fully saturated rings. The van der Waals surface area contributed by atoms with Crippen molar-refractivity contribution in [3.8, 4) is 22.0 Å². The van der Waals surface area contributed by atoms with E-state index in [2.05, 4.69) is 41.0 Å². The van der Waals surface area contributed by atoms with Crippen molar-refractivity contribution >= 4 is 61.4 Å². The second-order valence-corrected chi connectivity index (χ2v) is 11.1. The van der Waals surface area contributed by atoms with Gasteiger partial charge in [0.25, 0.3) is 0 Å². The molecule has 0 aliphatic carbocycles.